The molecule has 0 atom stereocenters. The van der Waals surface area contributed by atoms with Crippen LogP contribution in [0.1, 0.15) is 50.4 Å². The summed E-state index contributed by atoms with van der Waals surface area (Å²) in [5, 5.41) is 2.80. The van der Waals surface area contributed by atoms with E-state index in [2.05, 4.69) is 12.2 Å². The van der Waals surface area contributed by atoms with Crippen LogP contribution in [0.15, 0.2) is 24.3 Å². The van der Waals surface area contributed by atoms with Crippen molar-refractivity contribution in [2.45, 2.75) is 45.6 Å². The van der Waals surface area contributed by atoms with Gasteiger partial charge < -0.3 is 15.0 Å². The molecular formula is C18H26N2O3. The zero-order valence-electron chi connectivity index (χ0n) is 14.2. The van der Waals surface area contributed by atoms with Gasteiger partial charge in [0.15, 0.2) is 0 Å². The van der Waals surface area contributed by atoms with Crippen LogP contribution in [0.5, 0.6) is 5.75 Å². The number of nitrogens with zero attached hydrogens (tertiary/aromatic N) is 1. The number of ether oxygens (including phenoxy) is 1. The summed E-state index contributed by atoms with van der Waals surface area (Å²) in [6.45, 7) is 7.34. The van der Waals surface area contributed by atoms with E-state index >= 15 is 0 Å². The van der Waals surface area contributed by atoms with Crippen molar-refractivity contribution >= 4 is 11.8 Å². The molecule has 0 aromatic heterocycles. The fraction of sp³-hybridized carbons (Fsp3) is 0.556. The zero-order chi connectivity index (χ0) is 16.9. The third-order valence-corrected chi connectivity index (χ3v) is 4.19. The van der Waals surface area contributed by atoms with Crippen molar-refractivity contribution in [1.29, 1.82) is 0 Å². The number of piperazine rings is 1. The Bertz CT molecular complexity index is 569. The second-order valence-electron chi connectivity index (χ2n) is 6.36. The first-order chi connectivity index (χ1) is 11.0. The summed E-state index contributed by atoms with van der Waals surface area (Å²) in [6.07, 6.45) is 3.29. The lowest BCUT2D eigenvalue weighted by Crippen LogP contribution is -2.63. The van der Waals surface area contributed by atoms with E-state index in [1.807, 2.05) is 12.1 Å². The summed E-state index contributed by atoms with van der Waals surface area (Å²) in [5.74, 6) is 0.444. The van der Waals surface area contributed by atoms with Crippen LogP contribution in [0.25, 0.3) is 0 Å². The highest BCUT2D eigenvalue weighted by Crippen LogP contribution is 2.22. The third-order valence-electron chi connectivity index (χ3n) is 4.19. The Hall–Kier alpha value is -2.04. The molecule has 0 aliphatic carbocycles. The van der Waals surface area contributed by atoms with Crippen LogP contribution in [0, 0.1) is 0 Å². The number of rotatable bonds is 6. The SMILES string of the molecule is CCCCCOc1cccc(C(=O)N2CCNC(=O)C2(C)C)c1. The van der Waals surface area contributed by atoms with E-state index in [0.29, 0.717) is 31.0 Å². The van der Waals surface area contributed by atoms with Crippen molar-refractivity contribution in [1.82, 2.24) is 10.2 Å². The summed E-state index contributed by atoms with van der Waals surface area (Å²) in [6, 6.07) is 7.21. The number of hydrogen-bond acceptors (Lipinski definition) is 3. The van der Waals surface area contributed by atoms with Crippen molar-refractivity contribution in [2.24, 2.45) is 0 Å². The van der Waals surface area contributed by atoms with Gasteiger partial charge in [0.05, 0.1) is 6.61 Å². The molecule has 2 amide bonds. The van der Waals surface area contributed by atoms with Crippen LogP contribution < -0.4 is 10.1 Å². The fourth-order valence-corrected chi connectivity index (χ4v) is 2.67. The third kappa shape index (κ3) is 4.03. The second kappa shape index (κ2) is 7.49. The summed E-state index contributed by atoms with van der Waals surface area (Å²) in [4.78, 5) is 26.4. The van der Waals surface area contributed by atoms with Crippen LogP contribution in [0.3, 0.4) is 0 Å². The largest absolute Gasteiger partial charge is 0.494 e. The maximum absolute atomic E-state index is 12.8. The van der Waals surface area contributed by atoms with Crippen LogP contribution in [-0.4, -0.2) is 41.9 Å². The molecule has 23 heavy (non-hydrogen) atoms. The number of carbonyl (C=O) groups is 2. The summed E-state index contributed by atoms with van der Waals surface area (Å²) < 4.78 is 5.71. The van der Waals surface area contributed by atoms with Gasteiger partial charge in [-0.25, -0.2) is 0 Å². The number of carbonyl (C=O) groups excluding carboxylic acids is 2. The smallest absolute Gasteiger partial charge is 0.254 e. The van der Waals surface area contributed by atoms with E-state index in [1.165, 1.54) is 0 Å². The van der Waals surface area contributed by atoms with Crippen molar-refractivity contribution in [2.75, 3.05) is 19.7 Å². The summed E-state index contributed by atoms with van der Waals surface area (Å²) in [7, 11) is 0. The van der Waals surface area contributed by atoms with Crippen LogP contribution in [-0.2, 0) is 4.79 Å². The van der Waals surface area contributed by atoms with Gasteiger partial charge in [0, 0.05) is 18.7 Å². The van der Waals surface area contributed by atoms with Gasteiger partial charge in [-0.2, -0.15) is 0 Å². The standard InChI is InChI=1S/C18H26N2O3/c1-4-5-6-12-23-15-9-7-8-14(13-15)16(21)20-11-10-19-17(22)18(20,2)3/h7-9,13H,4-6,10-12H2,1-3H3,(H,19,22). The Morgan fingerprint density at radius 1 is 1.35 bits per heavy atom. The van der Waals surface area contributed by atoms with Crippen LogP contribution in [0.4, 0.5) is 0 Å². The topological polar surface area (TPSA) is 58.6 Å². The molecule has 0 unspecified atom stereocenters. The Morgan fingerprint density at radius 2 is 2.13 bits per heavy atom. The molecule has 1 heterocycles. The average Bonchev–Trinajstić information content (AvgIpc) is 2.54. The molecule has 1 aliphatic heterocycles. The molecule has 126 valence electrons. The van der Waals surface area contributed by atoms with E-state index < -0.39 is 5.54 Å². The fourth-order valence-electron chi connectivity index (χ4n) is 2.67. The quantitative estimate of drug-likeness (QED) is 0.820. The number of unbranched alkanes of at least 4 members (excludes halogenated alkanes) is 2. The molecular weight excluding hydrogens is 292 g/mol. The lowest BCUT2D eigenvalue weighted by atomic mass is 9.97. The first-order valence-electron chi connectivity index (χ1n) is 8.30. The normalized spacial score (nSPS) is 16.8. The molecule has 0 spiro atoms. The molecule has 1 fully saturated rings. The van der Waals surface area contributed by atoms with Crippen molar-refractivity contribution in [3.63, 3.8) is 0 Å². The van der Waals surface area contributed by atoms with Crippen molar-refractivity contribution < 1.29 is 14.3 Å². The van der Waals surface area contributed by atoms with Gasteiger partial charge >= 0.3 is 0 Å². The molecule has 1 N–H and O–H groups in total. The van der Waals surface area contributed by atoms with Crippen molar-refractivity contribution in [3.8, 4) is 5.75 Å². The zero-order valence-corrected chi connectivity index (χ0v) is 14.2. The summed E-state index contributed by atoms with van der Waals surface area (Å²) >= 11 is 0. The number of hydrogen-bond donors (Lipinski definition) is 1. The Labute approximate surface area is 138 Å². The molecule has 1 aliphatic rings. The Kier molecular flexibility index (Phi) is 5.64. The minimum atomic E-state index is -0.840. The van der Waals surface area contributed by atoms with Crippen LogP contribution in [0.2, 0.25) is 0 Å². The molecule has 1 aromatic carbocycles. The van der Waals surface area contributed by atoms with Gasteiger partial charge in [-0.1, -0.05) is 25.8 Å². The lowest BCUT2D eigenvalue weighted by Gasteiger charge is -2.41. The van der Waals surface area contributed by atoms with E-state index in [4.69, 9.17) is 4.74 Å². The maximum Gasteiger partial charge on any atom is 0.254 e. The van der Waals surface area contributed by atoms with Gasteiger partial charge in [-0.05, 0) is 38.5 Å². The molecule has 5 nitrogen and oxygen atoms in total. The first-order valence-corrected chi connectivity index (χ1v) is 8.30. The van der Waals surface area contributed by atoms with Crippen molar-refractivity contribution in [3.05, 3.63) is 29.8 Å². The highest BCUT2D eigenvalue weighted by molar-refractivity contribution is 5.99. The van der Waals surface area contributed by atoms with Gasteiger partial charge in [0.2, 0.25) is 5.91 Å². The highest BCUT2D eigenvalue weighted by Gasteiger charge is 2.40. The minimum Gasteiger partial charge on any atom is -0.494 e. The van der Waals surface area contributed by atoms with Gasteiger partial charge in [0.25, 0.3) is 5.91 Å². The second-order valence-corrected chi connectivity index (χ2v) is 6.36. The van der Waals surface area contributed by atoms with E-state index in [0.717, 1.165) is 19.3 Å². The molecule has 1 aromatic rings. The lowest BCUT2D eigenvalue weighted by molar-refractivity contribution is -0.133. The summed E-state index contributed by atoms with van der Waals surface area (Å²) in [5.41, 5.74) is -0.284. The Morgan fingerprint density at radius 3 is 2.87 bits per heavy atom. The maximum atomic E-state index is 12.8. The highest BCUT2D eigenvalue weighted by atomic mass is 16.5. The molecule has 0 saturated carbocycles. The number of nitrogens with one attached hydrogen (secondary N) is 1. The Balaban J connectivity index is 2.08. The molecule has 5 heteroatoms. The van der Waals surface area contributed by atoms with Gasteiger partial charge in [-0.15, -0.1) is 0 Å². The first kappa shape index (κ1) is 17.3. The monoisotopic (exact) mass is 318 g/mol. The van der Waals surface area contributed by atoms with Crippen LogP contribution >= 0.6 is 0 Å². The molecule has 0 bridgehead atoms. The predicted octanol–water partition coefficient (Wildman–Crippen LogP) is 2.61. The molecule has 1 saturated heterocycles. The molecule has 0 radical (unpaired) electrons. The van der Waals surface area contributed by atoms with E-state index in [1.54, 1.807) is 30.9 Å². The predicted molar refractivity (Wildman–Crippen MR) is 89.6 cm³/mol. The number of amides is 2. The van der Waals surface area contributed by atoms with Gasteiger partial charge in [-0.3, -0.25) is 9.59 Å². The average molecular weight is 318 g/mol. The minimum absolute atomic E-state index is 0.121. The van der Waals surface area contributed by atoms with E-state index in [-0.39, 0.29) is 11.8 Å². The van der Waals surface area contributed by atoms with Gasteiger partial charge in [0.1, 0.15) is 11.3 Å². The number of benzene rings is 1. The van der Waals surface area contributed by atoms with E-state index in [9.17, 15) is 9.59 Å². The molecule has 2 rings (SSSR count).